The molecule has 12 nitrogen and oxygen atoms in total. The summed E-state index contributed by atoms with van der Waals surface area (Å²) in [5, 5.41) is 17.4. The van der Waals surface area contributed by atoms with Gasteiger partial charge < -0.3 is 29.8 Å². The Hall–Kier alpha value is -0.840. The van der Waals surface area contributed by atoms with Gasteiger partial charge in [0.2, 0.25) is 0 Å². The van der Waals surface area contributed by atoms with E-state index in [0.29, 0.717) is 25.7 Å². The second-order valence-electron chi connectivity index (χ2n) is 5.92. The zero-order chi connectivity index (χ0) is 20.4. The van der Waals surface area contributed by atoms with E-state index in [2.05, 4.69) is 0 Å². The molecule has 0 aliphatic carbocycles. The van der Waals surface area contributed by atoms with Crippen LogP contribution in [-0.4, -0.2) is 90.3 Å². The first kappa shape index (κ1) is 25.2. The third-order valence-electron chi connectivity index (χ3n) is 3.18. The molecule has 0 atom stereocenters. The lowest BCUT2D eigenvalue weighted by Crippen LogP contribution is -2.35. The third-order valence-corrected chi connectivity index (χ3v) is 4.72. The summed E-state index contributed by atoms with van der Waals surface area (Å²) in [6.45, 7) is -0.410. The van der Waals surface area contributed by atoms with Gasteiger partial charge in [-0.1, -0.05) is 12.8 Å². The Balaban J connectivity index is 4.22. The molecule has 0 radical (unpaired) electrons. The summed E-state index contributed by atoms with van der Waals surface area (Å²) >= 11 is 0. The van der Waals surface area contributed by atoms with Gasteiger partial charge in [-0.2, -0.15) is 0 Å². The summed E-state index contributed by atoms with van der Waals surface area (Å²) in [6, 6.07) is 0. The quantitative estimate of drug-likeness (QED) is 0.148. The smallest absolute Gasteiger partial charge is 0.339 e. The summed E-state index contributed by atoms with van der Waals surface area (Å²) in [6.07, 6.45) is 0.643. The number of rotatable bonds is 15. The van der Waals surface area contributed by atoms with Gasteiger partial charge in [0, 0.05) is 0 Å². The zero-order valence-electron chi connectivity index (χ0n) is 14.2. The van der Waals surface area contributed by atoms with Crippen LogP contribution in [0.15, 0.2) is 0 Å². The van der Waals surface area contributed by atoms with Crippen molar-refractivity contribution in [3.8, 4) is 0 Å². The monoisotopic (exact) mass is 420 g/mol. The summed E-state index contributed by atoms with van der Waals surface area (Å²) < 4.78 is 22.0. The lowest BCUT2D eigenvalue weighted by Gasteiger charge is -2.23. The lowest BCUT2D eigenvalue weighted by molar-refractivity contribution is -0.141. The first-order chi connectivity index (χ1) is 11.8. The number of hydrogen-bond acceptors (Lipinski definition) is 6. The third kappa shape index (κ3) is 16.6. The van der Waals surface area contributed by atoms with Crippen LogP contribution < -0.4 is 0 Å². The number of unbranched alkanes of at least 4 members (excludes halogenated alkanes) is 3. The van der Waals surface area contributed by atoms with E-state index in [1.807, 2.05) is 0 Å². The van der Waals surface area contributed by atoms with Crippen LogP contribution in [0, 0.1) is 0 Å². The van der Waals surface area contributed by atoms with Gasteiger partial charge in [-0.15, -0.1) is 0 Å². The minimum Gasteiger partial charge on any atom is -0.480 e. The Labute approximate surface area is 150 Å². The molecule has 0 aromatic rings. The van der Waals surface area contributed by atoms with Gasteiger partial charge in [-0.3, -0.25) is 28.5 Å². The van der Waals surface area contributed by atoms with E-state index in [-0.39, 0.29) is 26.2 Å². The molecule has 14 heteroatoms. The van der Waals surface area contributed by atoms with Crippen molar-refractivity contribution in [1.82, 2.24) is 9.80 Å². The van der Waals surface area contributed by atoms with Crippen LogP contribution in [0.4, 0.5) is 0 Å². The Morgan fingerprint density at radius 2 is 1.00 bits per heavy atom. The van der Waals surface area contributed by atoms with E-state index in [1.165, 1.54) is 4.90 Å². The zero-order valence-corrected chi connectivity index (χ0v) is 16.0. The first-order valence-corrected chi connectivity index (χ1v) is 11.4. The topological polar surface area (TPSA) is 196 Å². The Kier molecular flexibility index (Phi) is 11.4. The van der Waals surface area contributed by atoms with E-state index >= 15 is 0 Å². The SMILES string of the molecule is O=C(O)CN(CCCCCCN(CP(=O)(O)O)CP(=O)(O)O)CC(=O)O. The van der Waals surface area contributed by atoms with Gasteiger partial charge in [0.1, 0.15) is 12.6 Å². The highest BCUT2D eigenvalue weighted by Crippen LogP contribution is 2.40. The average molecular weight is 420 g/mol. The molecular weight excluding hydrogens is 394 g/mol. The Morgan fingerprint density at radius 3 is 1.31 bits per heavy atom. The van der Waals surface area contributed by atoms with Crippen LogP contribution in [0.2, 0.25) is 0 Å². The van der Waals surface area contributed by atoms with Crippen molar-refractivity contribution in [3.63, 3.8) is 0 Å². The summed E-state index contributed by atoms with van der Waals surface area (Å²) in [5.41, 5.74) is 0. The lowest BCUT2D eigenvalue weighted by atomic mass is 10.2. The molecule has 0 aliphatic rings. The number of aliphatic carboxylic acids is 2. The maximum atomic E-state index is 11.0. The highest BCUT2D eigenvalue weighted by molar-refractivity contribution is 7.52. The molecule has 0 aromatic carbocycles. The average Bonchev–Trinajstić information content (AvgIpc) is 2.37. The highest BCUT2D eigenvalue weighted by Gasteiger charge is 2.25. The van der Waals surface area contributed by atoms with Crippen molar-refractivity contribution >= 4 is 27.1 Å². The van der Waals surface area contributed by atoms with Crippen molar-refractivity contribution in [2.75, 3.05) is 38.8 Å². The molecule has 6 N–H and O–H groups in total. The number of carboxylic acids is 2. The molecule has 0 saturated heterocycles. The molecule has 0 spiro atoms. The molecule has 0 saturated carbocycles. The fraction of sp³-hybridized carbons (Fsp3) is 0.833. The normalized spacial score (nSPS) is 12.7. The highest BCUT2D eigenvalue weighted by atomic mass is 31.2. The maximum absolute atomic E-state index is 11.0. The van der Waals surface area contributed by atoms with E-state index in [9.17, 15) is 18.7 Å². The van der Waals surface area contributed by atoms with Crippen LogP contribution in [-0.2, 0) is 18.7 Å². The molecule has 0 bridgehead atoms. The number of carbonyl (C=O) groups is 2. The number of carboxylic acid groups (broad SMARTS) is 2. The molecule has 0 aliphatic heterocycles. The molecule has 154 valence electrons. The molecular formula is C12H26N2O10P2. The van der Waals surface area contributed by atoms with Crippen molar-refractivity contribution in [2.45, 2.75) is 25.7 Å². The van der Waals surface area contributed by atoms with Gasteiger partial charge in [0.05, 0.1) is 13.1 Å². The van der Waals surface area contributed by atoms with Gasteiger partial charge in [-0.25, -0.2) is 0 Å². The van der Waals surface area contributed by atoms with Crippen LogP contribution in [0.3, 0.4) is 0 Å². The van der Waals surface area contributed by atoms with Crippen molar-refractivity contribution in [2.24, 2.45) is 0 Å². The molecule has 0 aromatic heterocycles. The second-order valence-corrected chi connectivity index (χ2v) is 9.14. The molecule has 26 heavy (non-hydrogen) atoms. The predicted octanol–water partition coefficient (Wildman–Crippen LogP) is -0.410. The minimum atomic E-state index is -4.44. The van der Waals surface area contributed by atoms with E-state index in [4.69, 9.17) is 29.8 Å². The second kappa shape index (κ2) is 11.8. The van der Waals surface area contributed by atoms with Gasteiger partial charge in [0.15, 0.2) is 0 Å². The first-order valence-electron chi connectivity index (χ1n) is 7.76. The summed E-state index contributed by atoms with van der Waals surface area (Å²) in [4.78, 5) is 59.4. The van der Waals surface area contributed by atoms with E-state index < -0.39 is 39.7 Å². The fourth-order valence-corrected chi connectivity index (χ4v) is 4.01. The number of nitrogens with zero attached hydrogens (tertiary/aromatic N) is 2. The van der Waals surface area contributed by atoms with Crippen LogP contribution >= 0.6 is 15.2 Å². The molecule has 0 unspecified atom stereocenters. The van der Waals surface area contributed by atoms with Crippen molar-refractivity contribution in [1.29, 1.82) is 0 Å². The summed E-state index contributed by atoms with van der Waals surface area (Å²) in [7, 11) is -8.89. The standard InChI is InChI=1S/C12H26N2O10P2/c15-11(16)7-13(8-12(17)18)5-3-1-2-4-6-14(9-25(19,20)21)10-26(22,23)24/h1-10H2,(H,15,16)(H,17,18)(H2,19,20,21)(H2,22,23,24). The summed E-state index contributed by atoms with van der Waals surface area (Å²) in [5.74, 6) is -2.26. The minimum absolute atomic E-state index is 0.0875. The number of hydrogen-bond donors (Lipinski definition) is 6. The van der Waals surface area contributed by atoms with Crippen LogP contribution in [0.5, 0.6) is 0 Å². The Morgan fingerprint density at radius 1 is 0.654 bits per heavy atom. The van der Waals surface area contributed by atoms with E-state index in [0.717, 1.165) is 4.90 Å². The molecule has 0 amide bonds. The Bertz CT molecular complexity index is 506. The largest absolute Gasteiger partial charge is 0.480 e. The molecule has 0 rings (SSSR count). The van der Waals surface area contributed by atoms with Crippen molar-refractivity contribution < 1.29 is 48.5 Å². The molecule has 0 heterocycles. The van der Waals surface area contributed by atoms with Crippen molar-refractivity contribution in [3.05, 3.63) is 0 Å². The maximum Gasteiger partial charge on any atom is 0.339 e. The van der Waals surface area contributed by atoms with Gasteiger partial charge >= 0.3 is 27.1 Å². The molecule has 0 fully saturated rings. The van der Waals surface area contributed by atoms with E-state index in [1.54, 1.807) is 0 Å². The van der Waals surface area contributed by atoms with Gasteiger partial charge in [0.25, 0.3) is 0 Å². The van der Waals surface area contributed by atoms with Crippen LogP contribution in [0.25, 0.3) is 0 Å². The van der Waals surface area contributed by atoms with Gasteiger partial charge in [-0.05, 0) is 25.9 Å². The predicted molar refractivity (Wildman–Crippen MR) is 90.7 cm³/mol. The van der Waals surface area contributed by atoms with Crippen LogP contribution in [0.1, 0.15) is 25.7 Å². The fourth-order valence-electron chi connectivity index (χ4n) is 2.33.